The molecule has 1 heterocycles. The van der Waals surface area contributed by atoms with E-state index in [1.54, 1.807) is 0 Å². The molecule has 3 aliphatic rings. The highest BCUT2D eigenvalue weighted by atomic mass is 15.3. The third-order valence-electron chi connectivity index (χ3n) is 5.43. The predicted molar refractivity (Wildman–Crippen MR) is 80.4 cm³/mol. The molecular weight excluding hydrogens is 234 g/mol. The minimum Gasteiger partial charge on any atom is -0.313 e. The van der Waals surface area contributed by atoms with Crippen LogP contribution in [0.1, 0.15) is 46.0 Å². The zero-order chi connectivity index (χ0) is 13.2. The number of likely N-dealkylation sites (N-methyl/N-ethyl adjacent to an activating group) is 1. The van der Waals surface area contributed by atoms with Gasteiger partial charge in [0.15, 0.2) is 0 Å². The summed E-state index contributed by atoms with van der Waals surface area (Å²) < 4.78 is 0. The topological polar surface area (TPSA) is 18.5 Å². The van der Waals surface area contributed by atoms with Crippen molar-refractivity contribution < 1.29 is 0 Å². The number of hydrogen-bond acceptors (Lipinski definition) is 3. The Hall–Kier alpha value is -0.120. The largest absolute Gasteiger partial charge is 0.313 e. The SMILES string of the molecule is CCNC1CCC(C)CC1N1CCN(C2CC2)CC1. The highest BCUT2D eigenvalue weighted by Crippen LogP contribution is 2.31. The van der Waals surface area contributed by atoms with Crippen molar-refractivity contribution in [3.63, 3.8) is 0 Å². The van der Waals surface area contributed by atoms with Gasteiger partial charge in [0.25, 0.3) is 0 Å². The van der Waals surface area contributed by atoms with Crippen LogP contribution in [-0.4, -0.2) is 60.6 Å². The Morgan fingerprint density at radius 3 is 2.26 bits per heavy atom. The molecule has 3 nitrogen and oxygen atoms in total. The quantitative estimate of drug-likeness (QED) is 0.838. The van der Waals surface area contributed by atoms with E-state index in [0.717, 1.165) is 30.6 Å². The summed E-state index contributed by atoms with van der Waals surface area (Å²) >= 11 is 0. The molecule has 19 heavy (non-hydrogen) atoms. The Morgan fingerprint density at radius 2 is 1.63 bits per heavy atom. The Balaban J connectivity index is 1.55. The van der Waals surface area contributed by atoms with Gasteiger partial charge in [-0.2, -0.15) is 0 Å². The van der Waals surface area contributed by atoms with E-state index < -0.39 is 0 Å². The molecule has 3 atom stereocenters. The molecule has 3 heteroatoms. The van der Waals surface area contributed by atoms with Crippen LogP contribution in [-0.2, 0) is 0 Å². The first-order chi connectivity index (χ1) is 9.28. The molecule has 2 saturated carbocycles. The van der Waals surface area contributed by atoms with E-state index in [2.05, 4.69) is 29.0 Å². The second-order valence-electron chi connectivity index (χ2n) is 6.95. The standard InChI is InChI=1S/C16H31N3/c1-3-17-15-7-4-13(2)12-16(15)19-10-8-18(9-11-19)14-5-6-14/h13-17H,3-12H2,1-2H3. The molecule has 3 fully saturated rings. The maximum absolute atomic E-state index is 3.74. The maximum Gasteiger partial charge on any atom is 0.0252 e. The van der Waals surface area contributed by atoms with E-state index >= 15 is 0 Å². The molecule has 1 aliphatic heterocycles. The molecule has 0 bridgehead atoms. The molecule has 0 aromatic heterocycles. The van der Waals surface area contributed by atoms with Crippen LogP contribution in [0, 0.1) is 5.92 Å². The average molecular weight is 265 g/mol. The molecule has 1 saturated heterocycles. The summed E-state index contributed by atoms with van der Waals surface area (Å²) in [7, 11) is 0. The molecule has 0 amide bonds. The van der Waals surface area contributed by atoms with Gasteiger partial charge in [0, 0.05) is 44.3 Å². The summed E-state index contributed by atoms with van der Waals surface area (Å²) in [6.07, 6.45) is 7.11. The van der Waals surface area contributed by atoms with Crippen LogP contribution in [0.3, 0.4) is 0 Å². The van der Waals surface area contributed by atoms with E-state index in [9.17, 15) is 0 Å². The lowest BCUT2D eigenvalue weighted by Gasteiger charge is -2.46. The van der Waals surface area contributed by atoms with Crippen molar-refractivity contribution in [1.29, 1.82) is 0 Å². The normalized spacial score (nSPS) is 38.5. The van der Waals surface area contributed by atoms with E-state index in [1.165, 1.54) is 58.3 Å². The third-order valence-corrected chi connectivity index (χ3v) is 5.43. The van der Waals surface area contributed by atoms with Gasteiger partial charge in [-0.05, 0) is 44.6 Å². The van der Waals surface area contributed by atoms with Gasteiger partial charge in [0.05, 0.1) is 0 Å². The average Bonchev–Trinajstić information content (AvgIpc) is 3.26. The third kappa shape index (κ3) is 3.32. The summed E-state index contributed by atoms with van der Waals surface area (Å²) in [5.74, 6) is 0.918. The van der Waals surface area contributed by atoms with Crippen LogP contribution in [0.25, 0.3) is 0 Å². The Labute approximate surface area is 118 Å². The summed E-state index contributed by atoms with van der Waals surface area (Å²) in [4.78, 5) is 5.52. The van der Waals surface area contributed by atoms with E-state index in [0.29, 0.717) is 0 Å². The summed E-state index contributed by atoms with van der Waals surface area (Å²) in [6, 6.07) is 2.50. The molecule has 0 aromatic rings. The van der Waals surface area contributed by atoms with Gasteiger partial charge >= 0.3 is 0 Å². The van der Waals surface area contributed by atoms with Gasteiger partial charge < -0.3 is 5.32 Å². The van der Waals surface area contributed by atoms with Gasteiger partial charge in [-0.25, -0.2) is 0 Å². The summed E-state index contributed by atoms with van der Waals surface area (Å²) in [5, 5.41) is 3.74. The molecule has 3 unspecified atom stereocenters. The van der Waals surface area contributed by atoms with Gasteiger partial charge in [0.1, 0.15) is 0 Å². The van der Waals surface area contributed by atoms with Crippen molar-refractivity contribution >= 4 is 0 Å². The predicted octanol–water partition coefficient (Wildman–Crippen LogP) is 1.93. The Morgan fingerprint density at radius 1 is 0.947 bits per heavy atom. The van der Waals surface area contributed by atoms with Crippen LogP contribution in [0.5, 0.6) is 0 Å². The lowest BCUT2D eigenvalue weighted by atomic mass is 9.82. The zero-order valence-corrected chi connectivity index (χ0v) is 12.8. The molecule has 0 radical (unpaired) electrons. The van der Waals surface area contributed by atoms with Gasteiger partial charge in [0.2, 0.25) is 0 Å². The first-order valence-corrected chi connectivity index (χ1v) is 8.49. The van der Waals surface area contributed by atoms with Crippen LogP contribution in [0.2, 0.25) is 0 Å². The molecular formula is C16H31N3. The fourth-order valence-corrected chi connectivity index (χ4v) is 4.13. The molecule has 0 aromatic carbocycles. The monoisotopic (exact) mass is 265 g/mol. The zero-order valence-electron chi connectivity index (χ0n) is 12.8. The Bertz CT molecular complexity index is 282. The maximum atomic E-state index is 3.74. The molecule has 3 rings (SSSR count). The lowest BCUT2D eigenvalue weighted by molar-refractivity contribution is 0.0478. The van der Waals surface area contributed by atoms with E-state index in [-0.39, 0.29) is 0 Å². The van der Waals surface area contributed by atoms with Crippen molar-refractivity contribution in [2.24, 2.45) is 5.92 Å². The molecule has 2 aliphatic carbocycles. The molecule has 0 spiro atoms. The number of rotatable bonds is 4. The van der Waals surface area contributed by atoms with Crippen molar-refractivity contribution in [2.45, 2.75) is 64.1 Å². The number of nitrogens with one attached hydrogen (secondary N) is 1. The van der Waals surface area contributed by atoms with Gasteiger partial charge in [-0.3, -0.25) is 9.80 Å². The second kappa shape index (κ2) is 6.11. The van der Waals surface area contributed by atoms with Crippen molar-refractivity contribution in [3.8, 4) is 0 Å². The molecule has 1 N–H and O–H groups in total. The minimum atomic E-state index is 0.744. The van der Waals surface area contributed by atoms with Crippen LogP contribution >= 0.6 is 0 Å². The van der Waals surface area contributed by atoms with E-state index in [4.69, 9.17) is 0 Å². The van der Waals surface area contributed by atoms with Gasteiger partial charge in [-0.15, -0.1) is 0 Å². The van der Waals surface area contributed by atoms with Crippen molar-refractivity contribution in [2.75, 3.05) is 32.7 Å². The van der Waals surface area contributed by atoms with E-state index in [1.807, 2.05) is 0 Å². The highest BCUT2D eigenvalue weighted by Gasteiger charge is 2.36. The Kier molecular flexibility index (Phi) is 4.45. The van der Waals surface area contributed by atoms with Crippen LogP contribution < -0.4 is 5.32 Å². The minimum absolute atomic E-state index is 0.744. The second-order valence-corrected chi connectivity index (χ2v) is 6.95. The first-order valence-electron chi connectivity index (χ1n) is 8.49. The summed E-state index contributed by atoms with van der Waals surface area (Å²) in [6.45, 7) is 11.0. The number of nitrogens with zero attached hydrogens (tertiary/aromatic N) is 2. The fourth-order valence-electron chi connectivity index (χ4n) is 4.13. The number of hydrogen-bond donors (Lipinski definition) is 1. The smallest absolute Gasteiger partial charge is 0.0252 e. The summed E-state index contributed by atoms with van der Waals surface area (Å²) in [5.41, 5.74) is 0. The van der Waals surface area contributed by atoms with Gasteiger partial charge in [-0.1, -0.05) is 13.8 Å². The van der Waals surface area contributed by atoms with Crippen LogP contribution in [0.15, 0.2) is 0 Å². The number of piperazine rings is 1. The molecule has 110 valence electrons. The first kappa shape index (κ1) is 13.8. The fraction of sp³-hybridized carbons (Fsp3) is 1.00. The highest BCUT2D eigenvalue weighted by molar-refractivity contribution is 4.94. The van der Waals surface area contributed by atoms with Crippen molar-refractivity contribution in [3.05, 3.63) is 0 Å². The lowest BCUT2D eigenvalue weighted by Crippen LogP contribution is -2.58. The van der Waals surface area contributed by atoms with Crippen LogP contribution in [0.4, 0.5) is 0 Å². The van der Waals surface area contributed by atoms with Crippen molar-refractivity contribution in [1.82, 2.24) is 15.1 Å².